The lowest BCUT2D eigenvalue weighted by molar-refractivity contribution is 0.391. The number of rotatable bonds is 4. The van der Waals surface area contributed by atoms with Crippen LogP contribution in [0.15, 0.2) is 6.20 Å². The lowest BCUT2D eigenvalue weighted by Gasteiger charge is -2.21. The Morgan fingerprint density at radius 2 is 2.22 bits per heavy atom. The van der Waals surface area contributed by atoms with E-state index in [0.717, 1.165) is 12.3 Å². The van der Waals surface area contributed by atoms with Gasteiger partial charge in [0.15, 0.2) is 11.6 Å². The van der Waals surface area contributed by atoms with Gasteiger partial charge in [0.1, 0.15) is 0 Å². The summed E-state index contributed by atoms with van der Waals surface area (Å²) in [6.45, 7) is 4.45. The molecule has 100 valence electrons. The molecular weight excluding hydrogens is 231 g/mol. The van der Waals surface area contributed by atoms with E-state index in [1.165, 1.54) is 19.0 Å². The first-order chi connectivity index (χ1) is 8.65. The van der Waals surface area contributed by atoms with Crippen LogP contribution in [0, 0.1) is 17.7 Å². The molecule has 0 spiro atoms. The average molecular weight is 252 g/mol. The van der Waals surface area contributed by atoms with Crippen molar-refractivity contribution in [3.63, 3.8) is 0 Å². The summed E-state index contributed by atoms with van der Waals surface area (Å²) in [5.41, 5.74) is 0. The third kappa shape index (κ3) is 2.54. The van der Waals surface area contributed by atoms with Gasteiger partial charge >= 0.3 is 0 Å². The van der Waals surface area contributed by atoms with Gasteiger partial charge in [0.25, 0.3) is 0 Å². The van der Waals surface area contributed by atoms with Gasteiger partial charge in [-0.3, -0.25) is 0 Å². The smallest absolute Gasteiger partial charge is 0.224 e. The van der Waals surface area contributed by atoms with Crippen LogP contribution >= 0.6 is 0 Å². The van der Waals surface area contributed by atoms with E-state index in [1.54, 1.807) is 7.05 Å². The molecule has 1 aromatic rings. The molecule has 1 fully saturated rings. The zero-order chi connectivity index (χ0) is 13.1. The van der Waals surface area contributed by atoms with Crippen molar-refractivity contribution in [1.29, 1.82) is 0 Å². The van der Waals surface area contributed by atoms with Crippen LogP contribution in [0.4, 0.5) is 16.2 Å². The van der Waals surface area contributed by atoms with E-state index in [1.807, 2.05) is 0 Å². The minimum Gasteiger partial charge on any atom is -0.364 e. The Balaban J connectivity index is 2.10. The molecule has 5 heteroatoms. The molecule has 0 amide bonds. The molecule has 2 rings (SSSR count). The van der Waals surface area contributed by atoms with Gasteiger partial charge < -0.3 is 10.6 Å². The van der Waals surface area contributed by atoms with Crippen LogP contribution in [-0.4, -0.2) is 23.1 Å². The highest BCUT2D eigenvalue weighted by Crippen LogP contribution is 2.35. The van der Waals surface area contributed by atoms with Crippen molar-refractivity contribution < 1.29 is 4.39 Å². The van der Waals surface area contributed by atoms with Crippen molar-refractivity contribution in [2.24, 2.45) is 11.8 Å². The largest absolute Gasteiger partial charge is 0.364 e. The molecule has 1 aliphatic carbocycles. The van der Waals surface area contributed by atoms with E-state index in [9.17, 15) is 4.39 Å². The summed E-state index contributed by atoms with van der Waals surface area (Å²) in [7, 11) is 1.72. The number of anilines is 2. The summed E-state index contributed by atoms with van der Waals surface area (Å²) in [6, 6.07) is 0.309. The molecule has 2 N–H and O–H groups in total. The number of hydrogen-bond acceptors (Lipinski definition) is 4. The second kappa shape index (κ2) is 5.50. The summed E-state index contributed by atoms with van der Waals surface area (Å²) in [5.74, 6) is 1.65. The number of halogens is 1. The molecule has 4 nitrogen and oxygen atoms in total. The second-order valence-electron chi connectivity index (χ2n) is 5.00. The summed E-state index contributed by atoms with van der Waals surface area (Å²) in [6.07, 6.45) is 4.68. The Kier molecular flexibility index (Phi) is 3.99. The Hall–Kier alpha value is -1.39. The highest BCUT2D eigenvalue weighted by molar-refractivity contribution is 5.42. The minimum absolute atomic E-state index is 0.308. The number of hydrogen-bond donors (Lipinski definition) is 2. The fourth-order valence-corrected chi connectivity index (χ4v) is 2.79. The van der Waals surface area contributed by atoms with E-state index in [4.69, 9.17) is 0 Å². The van der Waals surface area contributed by atoms with Gasteiger partial charge in [-0.25, -0.2) is 9.37 Å². The van der Waals surface area contributed by atoms with Crippen LogP contribution in [0.25, 0.3) is 0 Å². The average Bonchev–Trinajstić information content (AvgIpc) is 2.73. The molecule has 18 heavy (non-hydrogen) atoms. The van der Waals surface area contributed by atoms with Crippen molar-refractivity contribution in [1.82, 2.24) is 9.97 Å². The monoisotopic (exact) mass is 252 g/mol. The van der Waals surface area contributed by atoms with Gasteiger partial charge in [0, 0.05) is 13.1 Å². The van der Waals surface area contributed by atoms with Gasteiger partial charge in [-0.2, -0.15) is 4.98 Å². The molecule has 3 atom stereocenters. The van der Waals surface area contributed by atoms with Crippen LogP contribution < -0.4 is 10.6 Å². The van der Waals surface area contributed by atoms with Gasteiger partial charge in [-0.1, -0.05) is 20.3 Å². The zero-order valence-corrected chi connectivity index (χ0v) is 11.2. The quantitative estimate of drug-likeness (QED) is 0.865. The summed E-state index contributed by atoms with van der Waals surface area (Å²) in [5, 5.41) is 6.05. The molecule has 0 saturated heterocycles. The van der Waals surface area contributed by atoms with Crippen LogP contribution in [0.5, 0.6) is 0 Å². The molecule has 1 aromatic heterocycles. The maximum absolute atomic E-state index is 13.7. The molecular formula is C13H21FN4. The van der Waals surface area contributed by atoms with Crippen molar-refractivity contribution in [2.45, 2.75) is 39.2 Å². The molecule has 0 aromatic carbocycles. The van der Waals surface area contributed by atoms with Crippen molar-refractivity contribution in [2.75, 3.05) is 17.7 Å². The Morgan fingerprint density at radius 1 is 1.44 bits per heavy atom. The Bertz CT molecular complexity index is 410. The lowest BCUT2D eigenvalue weighted by Crippen LogP contribution is -2.26. The Labute approximate surface area is 107 Å². The fraction of sp³-hybridized carbons (Fsp3) is 0.692. The van der Waals surface area contributed by atoms with Crippen molar-refractivity contribution in [3.8, 4) is 0 Å². The summed E-state index contributed by atoms with van der Waals surface area (Å²) >= 11 is 0. The molecule has 0 bridgehead atoms. The minimum atomic E-state index is -0.388. The lowest BCUT2D eigenvalue weighted by atomic mass is 9.93. The predicted octanol–water partition coefficient (Wildman–Crippen LogP) is 2.89. The molecule has 1 saturated carbocycles. The van der Waals surface area contributed by atoms with Crippen LogP contribution in [0.2, 0.25) is 0 Å². The van der Waals surface area contributed by atoms with E-state index in [-0.39, 0.29) is 5.82 Å². The Morgan fingerprint density at radius 3 is 2.83 bits per heavy atom. The first-order valence-corrected chi connectivity index (χ1v) is 6.62. The van der Waals surface area contributed by atoms with Crippen LogP contribution in [-0.2, 0) is 0 Å². The van der Waals surface area contributed by atoms with Crippen LogP contribution in [0.3, 0.4) is 0 Å². The normalized spacial score (nSPS) is 27.2. The molecule has 0 radical (unpaired) electrons. The maximum atomic E-state index is 13.7. The molecule has 3 unspecified atom stereocenters. The SMILES string of the molecule is CCC1CCC(Nc2nc(NC)ncc2F)C1C. The fourth-order valence-electron chi connectivity index (χ4n) is 2.79. The number of nitrogens with zero attached hydrogens (tertiary/aromatic N) is 2. The van der Waals surface area contributed by atoms with Crippen LogP contribution in [0.1, 0.15) is 33.1 Å². The topological polar surface area (TPSA) is 49.8 Å². The standard InChI is InChI=1S/C13H21FN4/c1-4-9-5-6-11(8(9)2)17-12-10(14)7-16-13(15-3)18-12/h7-9,11H,4-6H2,1-3H3,(H2,15,16,17,18). The third-order valence-electron chi connectivity index (χ3n) is 4.04. The van der Waals surface area contributed by atoms with E-state index >= 15 is 0 Å². The number of aromatic nitrogens is 2. The van der Waals surface area contributed by atoms with Crippen molar-refractivity contribution in [3.05, 3.63) is 12.0 Å². The van der Waals surface area contributed by atoms with Gasteiger partial charge in [0.05, 0.1) is 6.20 Å². The van der Waals surface area contributed by atoms with Gasteiger partial charge in [-0.15, -0.1) is 0 Å². The second-order valence-corrected chi connectivity index (χ2v) is 5.00. The number of nitrogens with one attached hydrogen (secondary N) is 2. The van der Waals surface area contributed by atoms with Gasteiger partial charge in [0.2, 0.25) is 5.95 Å². The van der Waals surface area contributed by atoms with Gasteiger partial charge in [-0.05, 0) is 24.7 Å². The van der Waals surface area contributed by atoms with E-state index in [2.05, 4.69) is 34.4 Å². The maximum Gasteiger partial charge on any atom is 0.224 e. The predicted molar refractivity (Wildman–Crippen MR) is 71.1 cm³/mol. The summed E-state index contributed by atoms with van der Waals surface area (Å²) in [4.78, 5) is 7.98. The first-order valence-electron chi connectivity index (χ1n) is 6.62. The summed E-state index contributed by atoms with van der Waals surface area (Å²) < 4.78 is 13.7. The van der Waals surface area contributed by atoms with E-state index < -0.39 is 0 Å². The first kappa shape index (κ1) is 13.1. The highest BCUT2D eigenvalue weighted by Gasteiger charge is 2.32. The molecule has 1 aliphatic rings. The molecule has 1 heterocycles. The van der Waals surface area contributed by atoms with Crippen molar-refractivity contribution >= 4 is 11.8 Å². The molecule has 0 aliphatic heterocycles. The van der Waals surface area contributed by atoms with E-state index in [0.29, 0.717) is 23.7 Å². The highest BCUT2D eigenvalue weighted by atomic mass is 19.1. The third-order valence-corrected chi connectivity index (χ3v) is 4.04. The zero-order valence-electron chi connectivity index (χ0n) is 11.2.